The molecule has 0 aromatic heterocycles. The van der Waals surface area contributed by atoms with Gasteiger partial charge in [0.05, 0.1) is 6.42 Å². The standard InChI is InChI=1S/C16H26N2O6/c1-6-18(7-2)15(23)11(10-14(22)24-16(3,4)5)17-12(19)8-9-13(20)21/h8-9,11H,6-7,10H2,1-5H3,(H,17,19)(H,20,21). The van der Waals surface area contributed by atoms with Crippen molar-refractivity contribution < 1.29 is 29.0 Å². The van der Waals surface area contributed by atoms with Crippen molar-refractivity contribution in [3.63, 3.8) is 0 Å². The number of hydrogen-bond donors (Lipinski definition) is 2. The van der Waals surface area contributed by atoms with Gasteiger partial charge >= 0.3 is 11.9 Å². The number of hydrogen-bond acceptors (Lipinski definition) is 5. The molecule has 0 aliphatic heterocycles. The van der Waals surface area contributed by atoms with E-state index in [4.69, 9.17) is 9.84 Å². The van der Waals surface area contributed by atoms with E-state index in [9.17, 15) is 19.2 Å². The van der Waals surface area contributed by atoms with E-state index in [1.165, 1.54) is 4.90 Å². The molecule has 0 bridgehead atoms. The summed E-state index contributed by atoms with van der Waals surface area (Å²) < 4.78 is 5.17. The van der Waals surface area contributed by atoms with Gasteiger partial charge in [-0.2, -0.15) is 0 Å². The van der Waals surface area contributed by atoms with Crippen LogP contribution in [0.25, 0.3) is 0 Å². The maximum absolute atomic E-state index is 12.4. The number of carboxylic acid groups (broad SMARTS) is 1. The smallest absolute Gasteiger partial charge is 0.328 e. The Labute approximate surface area is 141 Å². The van der Waals surface area contributed by atoms with Gasteiger partial charge in [-0.15, -0.1) is 0 Å². The normalized spacial score (nSPS) is 12.5. The van der Waals surface area contributed by atoms with E-state index in [1.807, 2.05) is 0 Å². The van der Waals surface area contributed by atoms with Crippen LogP contribution in [0.2, 0.25) is 0 Å². The molecule has 0 aromatic rings. The van der Waals surface area contributed by atoms with Gasteiger partial charge in [-0.3, -0.25) is 14.4 Å². The minimum atomic E-state index is -1.29. The predicted molar refractivity (Wildman–Crippen MR) is 87.1 cm³/mol. The first kappa shape index (κ1) is 21.6. The van der Waals surface area contributed by atoms with Gasteiger partial charge in [0.1, 0.15) is 11.6 Å². The van der Waals surface area contributed by atoms with Crippen molar-refractivity contribution in [3.05, 3.63) is 12.2 Å². The number of amides is 2. The Morgan fingerprint density at radius 2 is 1.67 bits per heavy atom. The minimum absolute atomic E-state index is 0.334. The van der Waals surface area contributed by atoms with E-state index in [0.717, 1.165) is 6.08 Å². The number of nitrogens with zero attached hydrogens (tertiary/aromatic N) is 1. The maximum atomic E-state index is 12.4. The van der Waals surface area contributed by atoms with Gasteiger partial charge in [0.25, 0.3) is 0 Å². The first-order valence-electron chi connectivity index (χ1n) is 7.72. The quantitative estimate of drug-likeness (QED) is 0.496. The van der Waals surface area contributed by atoms with Gasteiger partial charge in [0.2, 0.25) is 11.8 Å². The third kappa shape index (κ3) is 8.92. The summed E-state index contributed by atoms with van der Waals surface area (Å²) in [4.78, 5) is 48.1. The highest BCUT2D eigenvalue weighted by Gasteiger charge is 2.28. The molecule has 8 heteroatoms. The first-order valence-corrected chi connectivity index (χ1v) is 7.72. The monoisotopic (exact) mass is 342 g/mol. The van der Waals surface area contributed by atoms with Gasteiger partial charge in [-0.25, -0.2) is 4.79 Å². The summed E-state index contributed by atoms with van der Waals surface area (Å²) in [5.41, 5.74) is -0.715. The lowest BCUT2D eigenvalue weighted by molar-refractivity contribution is -0.157. The first-order chi connectivity index (χ1) is 11.0. The number of ether oxygens (including phenoxy) is 1. The second-order valence-electron chi connectivity index (χ2n) is 6.03. The van der Waals surface area contributed by atoms with Crippen LogP contribution in [0.5, 0.6) is 0 Å². The molecule has 2 amide bonds. The molecule has 2 N–H and O–H groups in total. The van der Waals surface area contributed by atoms with Gasteiger partial charge < -0.3 is 20.1 Å². The number of aliphatic carboxylic acids is 1. The Morgan fingerprint density at radius 1 is 1.12 bits per heavy atom. The summed E-state index contributed by atoms with van der Waals surface area (Å²) in [6.07, 6.45) is 1.11. The molecule has 0 spiro atoms. The van der Waals surface area contributed by atoms with Crippen LogP contribution >= 0.6 is 0 Å². The van der Waals surface area contributed by atoms with Gasteiger partial charge in [-0.1, -0.05) is 0 Å². The van der Waals surface area contributed by atoms with Crippen molar-refractivity contribution in [1.29, 1.82) is 0 Å². The van der Waals surface area contributed by atoms with Crippen LogP contribution in [0.4, 0.5) is 0 Å². The lowest BCUT2D eigenvalue weighted by atomic mass is 10.1. The molecule has 0 saturated carbocycles. The van der Waals surface area contributed by atoms with Crippen LogP contribution in [0.3, 0.4) is 0 Å². The Hall–Kier alpha value is -2.38. The number of carbonyl (C=O) groups is 4. The molecule has 0 aliphatic carbocycles. The molecular formula is C16H26N2O6. The summed E-state index contributed by atoms with van der Waals surface area (Å²) in [5.74, 6) is -3.12. The number of carbonyl (C=O) groups excluding carboxylic acids is 3. The van der Waals surface area contributed by atoms with Gasteiger partial charge in [0.15, 0.2) is 0 Å². The third-order valence-corrected chi connectivity index (χ3v) is 2.86. The highest BCUT2D eigenvalue weighted by atomic mass is 16.6. The Balaban J connectivity index is 5.15. The molecule has 1 unspecified atom stereocenters. The van der Waals surface area contributed by atoms with Crippen LogP contribution in [0.1, 0.15) is 41.0 Å². The fourth-order valence-electron chi connectivity index (χ4n) is 1.87. The molecule has 136 valence electrons. The Kier molecular flexibility index (Phi) is 8.73. The molecule has 0 aliphatic rings. The number of rotatable bonds is 8. The second-order valence-corrected chi connectivity index (χ2v) is 6.03. The lowest BCUT2D eigenvalue weighted by Gasteiger charge is -2.26. The number of likely N-dealkylation sites (N-methyl/N-ethyl adjacent to an activating group) is 1. The summed E-state index contributed by atoms with van der Waals surface area (Å²) in [7, 11) is 0. The van der Waals surface area contributed by atoms with Crippen LogP contribution in [-0.2, 0) is 23.9 Å². The summed E-state index contributed by atoms with van der Waals surface area (Å²) in [5, 5.41) is 10.9. The second kappa shape index (κ2) is 9.69. The van der Waals surface area contributed by atoms with Gasteiger partial charge in [-0.05, 0) is 34.6 Å². The Bertz CT molecular complexity index is 503. The van der Waals surface area contributed by atoms with Gasteiger partial charge in [0, 0.05) is 25.2 Å². The van der Waals surface area contributed by atoms with E-state index >= 15 is 0 Å². The topological polar surface area (TPSA) is 113 Å². The van der Waals surface area contributed by atoms with Crippen LogP contribution < -0.4 is 5.32 Å². The number of carboxylic acids is 1. The predicted octanol–water partition coefficient (Wildman–Crippen LogP) is 0.712. The van der Waals surface area contributed by atoms with Crippen LogP contribution in [-0.4, -0.2) is 58.5 Å². The molecule has 0 fully saturated rings. The molecule has 8 nitrogen and oxygen atoms in total. The van der Waals surface area contributed by atoms with Crippen LogP contribution in [0, 0.1) is 0 Å². The third-order valence-electron chi connectivity index (χ3n) is 2.86. The van der Waals surface area contributed by atoms with E-state index in [-0.39, 0.29) is 6.42 Å². The van der Waals surface area contributed by atoms with E-state index < -0.39 is 35.4 Å². The average molecular weight is 342 g/mol. The van der Waals surface area contributed by atoms with Crippen molar-refractivity contribution in [2.24, 2.45) is 0 Å². The molecule has 24 heavy (non-hydrogen) atoms. The van der Waals surface area contributed by atoms with E-state index in [0.29, 0.717) is 19.2 Å². The molecule has 0 heterocycles. The SMILES string of the molecule is CCN(CC)C(=O)C(CC(=O)OC(C)(C)C)NC(=O)C=CC(=O)O. The zero-order valence-electron chi connectivity index (χ0n) is 14.8. The van der Waals surface area contributed by atoms with E-state index in [2.05, 4.69) is 5.32 Å². The summed E-state index contributed by atoms with van der Waals surface area (Å²) in [6, 6.07) is -1.12. The maximum Gasteiger partial charge on any atom is 0.328 e. The summed E-state index contributed by atoms with van der Waals surface area (Å²) >= 11 is 0. The van der Waals surface area contributed by atoms with Crippen molar-refractivity contribution in [3.8, 4) is 0 Å². The Morgan fingerprint density at radius 3 is 2.08 bits per heavy atom. The molecule has 0 rings (SSSR count). The molecule has 0 aromatic carbocycles. The fourth-order valence-corrected chi connectivity index (χ4v) is 1.87. The van der Waals surface area contributed by atoms with Crippen molar-refractivity contribution >= 4 is 23.8 Å². The lowest BCUT2D eigenvalue weighted by Crippen LogP contribution is -2.49. The van der Waals surface area contributed by atoms with Crippen LogP contribution in [0.15, 0.2) is 12.2 Å². The number of nitrogens with one attached hydrogen (secondary N) is 1. The highest BCUT2D eigenvalue weighted by molar-refractivity contribution is 5.97. The number of esters is 1. The van der Waals surface area contributed by atoms with E-state index in [1.54, 1.807) is 34.6 Å². The average Bonchev–Trinajstić information content (AvgIpc) is 2.43. The van der Waals surface area contributed by atoms with Crippen molar-refractivity contribution in [1.82, 2.24) is 10.2 Å². The zero-order chi connectivity index (χ0) is 18.9. The molecular weight excluding hydrogens is 316 g/mol. The zero-order valence-corrected chi connectivity index (χ0v) is 14.8. The highest BCUT2D eigenvalue weighted by Crippen LogP contribution is 2.10. The minimum Gasteiger partial charge on any atom is -0.478 e. The largest absolute Gasteiger partial charge is 0.478 e. The molecule has 1 atom stereocenters. The van der Waals surface area contributed by atoms with Crippen molar-refractivity contribution in [2.45, 2.75) is 52.7 Å². The fraction of sp³-hybridized carbons (Fsp3) is 0.625. The van der Waals surface area contributed by atoms with Crippen molar-refractivity contribution in [2.75, 3.05) is 13.1 Å². The summed E-state index contributed by atoms with van der Waals surface area (Å²) in [6.45, 7) is 9.47. The molecule has 0 radical (unpaired) electrons. The molecule has 0 saturated heterocycles.